The average molecular weight is 538 g/mol. The number of esters is 1. The van der Waals surface area contributed by atoms with Gasteiger partial charge in [0.25, 0.3) is 5.91 Å². The number of rotatable bonds is 9. The number of carbonyl (C=O) groups excluding carboxylic acids is 2. The molecule has 0 radical (unpaired) electrons. The van der Waals surface area contributed by atoms with Gasteiger partial charge in [0.15, 0.2) is 6.10 Å². The summed E-state index contributed by atoms with van der Waals surface area (Å²) in [6, 6.07) is 16.6. The summed E-state index contributed by atoms with van der Waals surface area (Å²) < 4.78 is 11.0. The van der Waals surface area contributed by atoms with Gasteiger partial charge in [-0.15, -0.1) is 11.3 Å². The first-order valence-corrected chi connectivity index (χ1v) is 13.7. The average Bonchev–Trinajstić information content (AvgIpc) is 3.34. The van der Waals surface area contributed by atoms with E-state index in [0.717, 1.165) is 21.8 Å². The monoisotopic (exact) mass is 537 g/mol. The lowest BCUT2D eigenvalue weighted by molar-refractivity contribution is -0.149. The molecule has 204 valence electrons. The summed E-state index contributed by atoms with van der Waals surface area (Å²) in [6.45, 7) is 14.8. The summed E-state index contributed by atoms with van der Waals surface area (Å²) in [7, 11) is 1.19. The molecule has 0 bridgehead atoms. The first-order valence-electron chi connectivity index (χ1n) is 12.8. The van der Waals surface area contributed by atoms with E-state index < -0.39 is 12.1 Å². The standard InChI is InChI=1S/C31H39NO5S/c1-18(2)28(25-13-14-26(38-25)29(34)32-17-24(33)30(35)36-8)37-23-15-19(3)27(20(4)16-23)21-9-11-22(12-10-21)31(5,6)7/h9-16,18,24,28,33H,17H2,1-8H3,(H,32,34)/t24-,28-/m1/s1. The second-order valence-corrected chi connectivity index (χ2v) is 12.1. The van der Waals surface area contributed by atoms with Gasteiger partial charge >= 0.3 is 5.97 Å². The second-order valence-electron chi connectivity index (χ2n) is 11.0. The summed E-state index contributed by atoms with van der Waals surface area (Å²) >= 11 is 1.34. The number of amides is 1. The number of nitrogens with one attached hydrogen (secondary N) is 1. The highest BCUT2D eigenvalue weighted by atomic mass is 32.1. The van der Waals surface area contributed by atoms with Crippen LogP contribution in [0.3, 0.4) is 0 Å². The molecule has 0 spiro atoms. The van der Waals surface area contributed by atoms with Gasteiger partial charge in [0.05, 0.1) is 18.5 Å². The van der Waals surface area contributed by atoms with Gasteiger partial charge in [-0.3, -0.25) is 4.79 Å². The predicted octanol–water partition coefficient (Wildman–Crippen LogP) is 6.37. The summed E-state index contributed by atoms with van der Waals surface area (Å²) in [5.41, 5.74) is 6.09. The van der Waals surface area contributed by atoms with E-state index >= 15 is 0 Å². The van der Waals surface area contributed by atoms with Gasteiger partial charge < -0.3 is 19.9 Å². The molecule has 0 aliphatic rings. The Balaban J connectivity index is 1.78. The molecule has 0 unspecified atom stereocenters. The quantitative estimate of drug-likeness (QED) is 0.310. The molecule has 0 saturated heterocycles. The minimum atomic E-state index is -1.40. The fraction of sp³-hybridized carbons (Fsp3) is 0.419. The number of carbonyl (C=O) groups is 2. The Labute approximate surface area is 230 Å². The highest BCUT2D eigenvalue weighted by Gasteiger charge is 2.23. The van der Waals surface area contributed by atoms with Gasteiger partial charge in [0, 0.05) is 4.88 Å². The molecule has 2 atom stereocenters. The molecule has 6 nitrogen and oxygen atoms in total. The van der Waals surface area contributed by atoms with E-state index in [0.29, 0.717) is 4.88 Å². The highest BCUT2D eigenvalue weighted by molar-refractivity contribution is 7.14. The van der Waals surface area contributed by atoms with Crippen LogP contribution in [0.2, 0.25) is 0 Å². The molecule has 1 amide bonds. The second kappa shape index (κ2) is 12.1. The van der Waals surface area contributed by atoms with Gasteiger partial charge in [-0.2, -0.15) is 0 Å². The van der Waals surface area contributed by atoms with Crippen molar-refractivity contribution >= 4 is 23.2 Å². The summed E-state index contributed by atoms with van der Waals surface area (Å²) in [4.78, 5) is 25.3. The molecule has 3 aromatic rings. The molecular weight excluding hydrogens is 498 g/mol. The summed E-state index contributed by atoms with van der Waals surface area (Å²) in [5.74, 6) is -0.200. The zero-order chi connectivity index (χ0) is 28.2. The zero-order valence-corrected chi connectivity index (χ0v) is 24.4. The van der Waals surface area contributed by atoms with Crippen molar-refractivity contribution in [1.82, 2.24) is 5.32 Å². The molecule has 3 rings (SSSR count). The fourth-order valence-corrected chi connectivity index (χ4v) is 5.50. The number of aliphatic hydroxyl groups excluding tert-OH is 1. The first-order chi connectivity index (χ1) is 17.8. The van der Waals surface area contributed by atoms with Crippen LogP contribution in [0.15, 0.2) is 48.5 Å². The molecule has 0 aliphatic heterocycles. The maximum atomic E-state index is 12.6. The first kappa shape index (κ1) is 29.4. The number of aryl methyl sites for hydroxylation is 2. The summed E-state index contributed by atoms with van der Waals surface area (Å²) in [5, 5.41) is 12.3. The lowest BCUT2D eigenvalue weighted by Gasteiger charge is -2.23. The normalized spacial score (nSPS) is 13.2. The highest BCUT2D eigenvalue weighted by Crippen LogP contribution is 2.37. The Morgan fingerprint density at radius 1 is 1.00 bits per heavy atom. The lowest BCUT2D eigenvalue weighted by atomic mass is 9.85. The smallest absolute Gasteiger partial charge is 0.336 e. The molecule has 0 aliphatic carbocycles. The van der Waals surface area contributed by atoms with E-state index in [9.17, 15) is 14.7 Å². The number of hydrogen-bond acceptors (Lipinski definition) is 6. The van der Waals surface area contributed by atoms with Crippen LogP contribution in [0.5, 0.6) is 5.75 Å². The van der Waals surface area contributed by atoms with E-state index in [-0.39, 0.29) is 29.9 Å². The van der Waals surface area contributed by atoms with Gasteiger partial charge in [-0.25, -0.2) is 4.79 Å². The number of methoxy groups -OCH3 is 1. The number of aliphatic hydroxyl groups is 1. The molecule has 0 fully saturated rings. The largest absolute Gasteiger partial charge is 0.485 e. The van der Waals surface area contributed by atoms with Crippen LogP contribution >= 0.6 is 11.3 Å². The van der Waals surface area contributed by atoms with Gasteiger partial charge in [-0.05, 0) is 77.3 Å². The van der Waals surface area contributed by atoms with Crippen molar-refractivity contribution < 1.29 is 24.2 Å². The molecule has 2 N–H and O–H groups in total. The van der Waals surface area contributed by atoms with Crippen LogP contribution in [0.25, 0.3) is 11.1 Å². The third-order valence-electron chi connectivity index (χ3n) is 6.47. The van der Waals surface area contributed by atoms with Crippen LogP contribution in [-0.2, 0) is 14.9 Å². The van der Waals surface area contributed by atoms with Gasteiger partial charge in [0.2, 0.25) is 0 Å². The lowest BCUT2D eigenvalue weighted by Crippen LogP contribution is -2.36. The van der Waals surface area contributed by atoms with Crippen molar-refractivity contribution in [2.24, 2.45) is 5.92 Å². The van der Waals surface area contributed by atoms with Crippen LogP contribution in [0.4, 0.5) is 0 Å². The Morgan fingerprint density at radius 2 is 1.61 bits per heavy atom. The van der Waals surface area contributed by atoms with Crippen molar-refractivity contribution in [3.05, 3.63) is 75.0 Å². The topological polar surface area (TPSA) is 84.9 Å². The van der Waals surface area contributed by atoms with Crippen molar-refractivity contribution in [2.75, 3.05) is 13.7 Å². The molecule has 0 saturated carbocycles. The Morgan fingerprint density at radius 3 is 2.13 bits per heavy atom. The number of benzene rings is 2. The minimum absolute atomic E-state index is 0.110. The third-order valence-corrected chi connectivity index (χ3v) is 7.62. The Hall–Kier alpha value is -3.16. The number of thiophene rings is 1. The third kappa shape index (κ3) is 7.03. The maximum absolute atomic E-state index is 12.6. The van der Waals surface area contributed by atoms with Crippen molar-refractivity contribution in [2.45, 2.75) is 66.1 Å². The van der Waals surface area contributed by atoms with Crippen molar-refractivity contribution in [3.8, 4) is 16.9 Å². The van der Waals surface area contributed by atoms with Crippen LogP contribution in [0, 0.1) is 19.8 Å². The minimum Gasteiger partial charge on any atom is -0.485 e. The predicted molar refractivity (Wildman–Crippen MR) is 153 cm³/mol. The van der Waals surface area contributed by atoms with Crippen molar-refractivity contribution in [3.63, 3.8) is 0 Å². The Kier molecular flexibility index (Phi) is 9.39. The van der Waals surface area contributed by atoms with Crippen LogP contribution < -0.4 is 10.1 Å². The van der Waals surface area contributed by atoms with E-state index in [1.54, 1.807) is 6.07 Å². The van der Waals surface area contributed by atoms with E-state index in [1.165, 1.54) is 35.1 Å². The van der Waals surface area contributed by atoms with E-state index in [2.05, 4.69) is 94.9 Å². The van der Waals surface area contributed by atoms with Crippen LogP contribution in [-0.4, -0.2) is 36.7 Å². The molecule has 1 heterocycles. The van der Waals surface area contributed by atoms with Gasteiger partial charge in [0.1, 0.15) is 11.9 Å². The molecule has 7 heteroatoms. The maximum Gasteiger partial charge on any atom is 0.336 e. The zero-order valence-electron chi connectivity index (χ0n) is 23.5. The SMILES string of the molecule is COC(=O)[C@H](O)CNC(=O)c1ccc([C@H](Oc2cc(C)c(-c3ccc(C(C)(C)C)cc3)c(C)c2)C(C)C)s1. The number of ether oxygens (including phenoxy) is 2. The Bertz CT molecular complexity index is 1250. The van der Waals surface area contributed by atoms with Crippen LogP contribution in [0.1, 0.15) is 72.0 Å². The number of hydrogen-bond donors (Lipinski definition) is 2. The fourth-order valence-electron chi connectivity index (χ4n) is 4.38. The molecular formula is C31H39NO5S. The van der Waals surface area contributed by atoms with E-state index in [1.807, 2.05) is 6.07 Å². The van der Waals surface area contributed by atoms with Crippen molar-refractivity contribution in [1.29, 1.82) is 0 Å². The van der Waals surface area contributed by atoms with E-state index in [4.69, 9.17) is 4.74 Å². The summed E-state index contributed by atoms with van der Waals surface area (Å²) in [6.07, 6.45) is -1.64. The molecule has 1 aromatic heterocycles. The molecule has 2 aromatic carbocycles. The molecule has 38 heavy (non-hydrogen) atoms. The van der Waals surface area contributed by atoms with Gasteiger partial charge in [-0.1, -0.05) is 58.9 Å².